The number of benzene rings is 1. The normalized spacial score (nSPS) is 12.2. The van der Waals surface area contributed by atoms with Crippen molar-refractivity contribution < 1.29 is 4.74 Å². The highest BCUT2D eigenvalue weighted by Gasteiger charge is 2.09. The van der Waals surface area contributed by atoms with E-state index in [0.29, 0.717) is 17.7 Å². The molecule has 0 aromatic heterocycles. The van der Waals surface area contributed by atoms with Crippen LogP contribution in [0.4, 0.5) is 0 Å². The summed E-state index contributed by atoms with van der Waals surface area (Å²) in [4.78, 5) is 0. The van der Waals surface area contributed by atoms with Crippen LogP contribution in [0.3, 0.4) is 0 Å². The largest absolute Gasteiger partial charge is 0.492 e. The van der Waals surface area contributed by atoms with E-state index in [2.05, 4.69) is 25.7 Å². The zero-order valence-electron chi connectivity index (χ0n) is 11.9. The summed E-state index contributed by atoms with van der Waals surface area (Å²) >= 11 is 5.94. The Bertz CT molecular complexity index is 392. The molecule has 0 amide bonds. The lowest BCUT2D eigenvalue weighted by atomic mass is 10.1. The van der Waals surface area contributed by atoms with E-state index in [9.17, 15) is 0 Å². The van der Waals surface area contributed by atoms with E-state index >= 15 is 0 Å². The molecule has 0 aliphatic heterocycles. The zero-order valence-corrected chi connectivity index (χ0v) is 12.7. The molecular formula is C16H24ClNO. The van der Waals surface area contributed by atoms with Crippen LogP contribution in [0.2, 0.25) is 5.02 Å². The predicted molar refractivity (Wildman–Crippen MR) is 83.1 cm³/mol. The van der Waals surface area contributed by atoms with Crippen molar-refractivity contribution in [2.75, 3.05) is 13.2 Å². The maximum atomic E-state index is 5.94. The van der Waals surface area contributed by atoms with Gasteiger partial charge in [-0.05, 0) is 50.9 Å². The number of ether oxygens (including phenoxy) is 1. The molecule has 1 aromatic rings. The SMILES string of the molecule is C=C(C)CCC(COc1cccc(Cl)c1)NCCC. The van der Waals surface area contributed by atoms with Crippen LogP contribution >= 0.6 is 11.6 Å². The minimum absolute atomic E-state index is 0.357. The highest BCUT2D eigenvalue weighted by molar-refractivity contribution is 6.30. The molecule has 0 fully saturated rings. The molecule has 1 N–H and O–H groups in total. The molecular weight excluding hydrogens is 258 g/mol. The molecule has 0 aliphatic rings. The van der Waals surface area contributed by atoms with Crippen LogP contribution in [-0.2, 0) is 0 Å². The van der Waals surface area contributed by atoms with Crippen LogP contribution in [0.5, 0.6) is 5.75 Å². The minimum atomic E-state index is 0.357. The fourth-order valence-electron chi connectivity index (χ4n) is 1.77. The molecule has 0 spiro atoms. The van der Waals surface area contributed by atoms with Crippen molar-refractivity contribution in [3.05, 3.63) is 41.4 Å². The Kier molecular flexibility index (Phi) is 7.61. The van der Waals surface area contributed by atoms with Gasteiger partial charge in [0.2, 0.25) is 0 Å². The summed E-state index contributed by atoms with van der Waals surface area (Å²) < 4.78 is 5.80. The van der Waals surface area contributed by atoms with Gasteiger partial charge in [-0.15, -0.1) is 6.58 Å². The lowest BCUT2D eigenvalue weighted by Crippen LogP contribution is -2.35. The first-order valence-corrected chi connectivity index (χ1v) is 7.25. The Morgan fingerprint density at radius 2 is 2.26 bits per heavy atom. The predicted octanol–water partition coefficient (Wildman–Crippen LogP) is 4.44. The van der Waals surface area contributed by atoms with E-state index in [-0.39, 0.29) is 0 Å². The van der Waals surface area contributed by atoms with E-state index in [0.717, 1.165) is 31.6 Å². The van der Waals surface area contributed by atoms with Gasteiger partial charge in [0.15, 0.2) is 0 Å². The molecule has 106 valence electrons. The standard InChI is InChI=1S/C16H24ClNO/c1-4-10-18-15(9-8-13(2)3)12-19-16-7-5-6-14(17)11-16/h5-7,11,15,18H,2,4,8-10,12H2,1,3H3. The van der Waals surface area contributed by atoms with Gasteiger partial charge >= 0.3 is 0 Å². The summed E-state index contributed by atoms with van der Waals surface area (Å²) in [5.41, 5.74) is 1.21. The van der Waals surface area contributed by atoms with E-state index in [1.54, 1.807) is 0 Å². The van der Waals surface area contributed by atoms with Crippen molar-refractivity contribution in [2.24, 2.45) is 0 Å². The van der Waals surface area contributed by atoms with Crippen LogP contribution in [-0.4, -0.2) is 19.2 Å². The summed E-state index contributed by atoms with van der Waals surface area (Å²) in [6.45, 7) is 9.86. The third kappa shape index (κ3) is 7.24. The molecule has 0 aliphatic carbocycles. The van der Waals surface area contributed by atoms with E-state index in [1.165, 1.54) is 5.57 Å². The number of rotatable bonds is 9. The van der Waals surface area contributed by atoms with Crippen LogP contribution < -0.4 is 10.1 Å². The summed E-state index contributed by atoms with van der Waals surface area (Å²) in [7, 11) is 0. The van der Waals surface area contributed by atoms with E-state index in [1.807, 2.05) is 24.3 Å². The third-order valence-electron chi connectivity index (χ3n) is 2.85. The van der Waals surface area contributed by atoms with Crippen molar-refractivity contribution >= 4 is 11.6 Å². The van der Waals surface area contributed by atoms with Gasteiger partial charge in [0.1, 0.15) is 12.4 Å². The fraction of sp³-hybridized carbons (Fsp3) is 0.500. The molecule has 0 radical (unpaired) electrons. The molecule has 0 heterocycles. The van der Waals surface area contributed by atoms with Gasteiger partial charge in [-0.1, -0.05) is 30.2 Å². The molecule has 0 saturated carbocycles. The number of hydrogen-bond acceptors (Lipinski definition) is 2. The van der Waals surface area contributed by atoms with Gasteiger partial charge in [-0.2, -0.15) is 0 Å². The maximum Gasteiger partial charge on any atom is 0.120 e. The highest BCUT2D eigenvalue weighted by Crippen LogP contribution is 2.17. The lowest BCUT2D eigenvalue weighted by molar-refractivity contribution is 0.257. The Labute approximate surface area is 121 Å². The van der Waals surface area contributed by atoms with Gasteiger partial charge in [0.25, 0.3) is 0 Å². The van der Waals surface area contributed by atoms with Crippen molar-refractivity contribution in [3.8, 4) is 5.75 Å². The summed E-state index contributed by atoms with van der Waals surface area (Å²) in [6.07, 6.45) is 3.21. The van der Waals surface area contributed by atoms with Gasteiger partial charge in [-0.3, -0.25) is 0 Å². The maximum absolute atomic E-state index is 5.94. The van der Waals surface area contributed by atoms with Crippen LogP contribution in [0.15, 0.2) is 36.4 Å². The Morgan fingerprint density at radius 1 is 1.47 bits per heavy atom. The minimum Gasteiger partial charge on any atom is -0.492 e. The van der Waals surface area contributed by atoms with Gasteiger partial charge in [-0.25, -0.2) is 0 Å². The van der Waals surface area contributed by atoms with E-state index in [4.69, 9.17) is 16.3 Å². The fourth-order valence-corrected chi connectivity index (χ4v) is 1.95. The monoisotopic (exact) mass is 281 g/mol. The molecule has 0 saturated heterocycles. The number of hydrogen-bond donors (Lipinski definition) is 1. The Hall–Kier alpha value is -0.990. The second-order valence-corrected chi connectivity index (χ2v) is 5.35. The molecule has 19 heavy (non-hydrogen) atoms. The second-order valence-electron chi connectivity index (χ2n) is 4.92. The van der Waals surface area contributed by atoms with Crippen LogP contribution in [0.1, 0.15) is 33.1 Å². The molecule has 1 atom stereocenters. The summed E-state index contributed by atoms with van der Waals surface area (Å²) in [5.74, 6) is 0.825. The van der Waals surface area contributed by atoms with Gasteiger partial charge in [0.05, 0.1) is 0 Å². The van der Waals surface area contributed by atoms with Crippen LogP contribution in [0.25, 0.3) is 0 Å². The second kappa shape index (κ2) is 9.00. The number of allylic oxidation sites excluding steroid dienone is 1. The average Bonchev–Trinajstić information content (AvgIpc) is 2.37. The zero-order chi connectivity index (χ0) is 14.1. The molecule has 1 aromatic carbocycles. The molecule has 1 unspecified atom stereocenters. The molecule has 0 bridgehead atoms. The summed E-state index contributed by atoms with van der Waals surface area (Å²) in [5, 5.41) is 4.22. The van der Waals surface area contributed by atoms with Crippen molar-refractivity contribution in [2.45, 2.75) is 39.2 Å². The first kappa shape index (κ1) is 16.1. The molecule has 2 nitrogen and oxygen atoms in total. The third-order valence-corrected chi connectivity index (χ3v) is 3.08. The van der Waals surface area contributed by atoms with Crippen LogP contribution in [0, 0.1) is 0 Å². The first-order valence-electron chi connectivity index (χ1n) is 6.88. The molecule has 1 rings (SSSR count). The van der Waals surface area contributed by atoms with Crippen molar-refractivity contribution in [1.29, 1.82) is 0 Å². The Balaban J connectivity index is 2.44. The molecule has 3 heteroatoms. The quantitative estimate of drug-likeness (QED) is 0.676. The van der Waals surface area contributed by atoms with Gasteiger partial charge < -0.3 is 10.1 Å². The van der Waals surface area contributed by atoms with Gasteiger partial charge in [0, 0.05) is 11.1 Å². The summed E-state index contributed by atoms with van der Waals surface area (Å²) in [6, 6.07) is 7.89. The van der Waals surface area contributed by atoms with Crippen molar-refractivity contribution in [1.82, 2.24) is 5.32 Å². The number of halogens is 1. The average molecular weight is 282 g/mol. The smallest absolute Gasteiger partial charge is 0.120 e. The van der Waals surface area contributed by atoms with E-state index < -0.39 is 0 Å². The Morgan fingerprint density at radius 3 is 2.89 bits per heavy atom. The lowest BCUT2D eigenvalue weighted by Gasteiger charge is -2.19. The topological polar surface area (TPSA) is 21.3 Å². The highest BCUT2D eigenvalue weighted by atomic mass is 35.5. The van der Waals surface area contributed by atoms with Crippen molar-refractivity contribution in [3.63, 3.8) is 0 Å². The first-order chi connectivity index (χ1) is 9.11. The number of nitrogens with one attached hydrogen (secondary N) is 1.